The minimum absolute atomic E-state index is 0.287. The van der Waals surface area contributed by atoms with Gasteiger partial charge in [-0.2, -0.15) is 0 Å². The molecule has 0 amide bonds. The maximum absolute atomic E-state index is 8.99. The molecular weight excluding hydrogens is 272 g/mol. The van der Waals surface area contributed by atoms with Crippen LogP contribution >= 0.6 is 12.2 Å². The van der Waals surface area contributed by atoms with Crippen molar-refractivity contribution in [3.63, 3.8) is 0 Å². The number of thiocarbonyl (C=S) groups is 1. The van der Waals surface area contributed by atoms with Gasteiger partial charge in [-0.3, -0.25) is 4.90 Å². The van der Waals surface area contributed by atoms with Crippen LogP contribution in [-0.2, 0) is 6.54 Å². The molecule has 5 heteroatoms. The molecule has 1 aromatic rings. The summed E-state index contributed by atoms with van der Waals surface area (Å²) in [6.45, 7) is 3.33. The van der Waals surface area contributed by atoms with Gasteiger partial charge >= 0.3 is 0 Å². The van der Waals surface area contributed by atoms with Crippen molar-refractivity contribution in [2.24, 2.45) is 11.7 Å². The molecule has 0 spiro atoms. The molecule has 3 N–H and O–H groups in total. The molecule has 1 aliphatic rings. The molecule has 110 valence electrons. The summed E-state index contributed by atoms with van der Waals surface area (Å²) in [6.07, 6.45) is 2.07. The smallest absolute Gasteiger partial charge is 0.129 e. The molecule has 1 fully saturated rings. The van der Waals surface area contributed by atoms with E-state index < -0.39 is 0 Å². The number of ether oxygens (including phenoxy) is 1. The van der Waals surface area contributed by atoms with Gasteiger partial charge in [0.25, 0.3) is 0 Å². The number of nitrogens with zero attached hydrogens (tertiary/aromatic N) is 1. The number of hydrogen-bond donors (Lipinski definition) is 2. The minimum atomic E-state index is 0.287. The number of methoxy groups -OCH3 is 1. The number of aliphatic hydroxyl groups is 1. The molecular formula is C15H22N2O2S. The lowest BCUT2D eigenvalue weighted by molar-refractivity contribution is 0.249. The standard InChI is InChI=1S/C15H22N2O2S/c1-19-14-8-12(2-3-13(14)15(16)20)10-17-6-4-11(9-17)5-7-18/h2-3,8,11,18H,4-7,9-10H2,1H3,(H2,16,20). The number of benzene rings is 1. The zero-order valence-electron chi connectivity index (χ0n) is 11.8. The van der Waals surface area contributed by atoms with Crippen LogP contribution in [0.2, 0.25) is 0 Å². The van der Waals surface area contributed by atoms with Crippen LogP contribution in [0.4, 0.5) is 0 Å². The predicted molar refractivity (Wildman–Crippen MR) is 84.0 cm³/mol. The highest BCUT2D eigenvalue weighted by molar-refractivity contribution is 7.80. The molecule has 0 saturated carbocycles. The van der Waals surface area contributed by atoms with Crippen molar-refractivity contribution in [3.05, 3.63) is 29.3 Å². The zero-order chi connectivity index (χ0) is 14.5. The van der Waals surface area contributed by atoms with Crippen LogP contribution in [0.15, 0.2) is 18.2 Å². The largest absolute Gasteiger partial charge is 0.496 e. The molecule has 1 aliphatic heterocycles. The second-order valence-corrected chi connectivity index (χ2v) is 5.74. The Morgan fingerprint density at radius 1 is 1.55 bits per heavy atom. The van der Waals surface area contributed by atoms with E-state index in [0.717, 1.165) is 37.4 Å². The summed E-state index contributed by atoms with van der Waals surface area (Å²) in [7, 11) is 1.63. The third kappa shape index (κ3) is 3.69. The number of likely N-dealkylation sites (tertiary alicyclic amines) is 1. The Balaban J connectivity index is 2.02. The van der Waals surface area contributed by atoms with Crippen LogP contribution < -0.4 is 10.5 Å². The first-order chi connectivity index (χ1) is 9.63. The Bertz CT molecular complexity index is 479. The van der Waals surface area contributed by atoms with Gasteiger partial charge in [-0.25, -0.2) is 0 Å². The number of rotatable bonds is 6. The number of hydrogen-bond acceptors (Lipinski definition) is 4. The lowest BCUT2D eigenvalue weighted by Crippen LogP contribution is -2.20. The van der Waals surface area contributed by atoms with Crippen LogP contribution in [0.5, 0.6) is 5.75 Å². The fourth-order valence-electron chi connectivity index (χ4n) is 2.77. The first kappa shape index (κ1) is 15.2. The number of nitrogens with two attached hydrogens (primary N) is 1. The summed E-state index contributed by atoms with van der Waals surface area (Å²) < 4.78 is 5.35. The first-order valence-electron chi connectivity index (χ1n) is 6.94. The average Bonchev–Trinajstić information content (AvgIpc) is 2.86. The molecule has 1 heterocycles. The molecule has 20 heavy (non-hydrogen) atoms. The van der Waals surface area contributed by atoms with Gasteiger partial charge in [-0.1, -0.05) is 18.3 Å². The van der Waals surface area contributed by atoms with Crippen molar-refractivity contribution in [2.75, 3.05) is 26.8 Å². The predicted octanol–water partition coefficient (Wildman–Crippen LogP) is 1.53. The topological polar surface area (TPSA) is 58.7 Å². The maximum Gasteiger partial charge on any atom is 0.129 e. The van der Waals surface area contributed by atoms with Crippen LogP contribution in [0.25, 0.3) is 0 Å². The summed E-state index contributed by atoms with van der Waals surface area (Å²) in [4.78, 5) is 2.77. The van der Waals surface area contributed by atoms with E-state index >= 15 is 0 Å². The van der Waals surface area contributed by atoms with E-state index in [4.69, 9.17) is 27.8 Å². The lowest BCUT2D eigenvalue weighted by atomic mass is 10.1. The van der Waals surface area contributed by atoms with Gasteiger partial charge in [0.15, 0.2) is 0 Å². The van der Waals surface area contributed by atoms with Gasteiger partial charge < -0.3 is 15.6 Å². The Labute approximate surface area is 125 Å². The summed E-state index contributed by atoms with van der Waals surface area (Å²) in [5, 5.41) is 8.99. The van der Waals surface area contributed by atoms with Crippen molar-refractivity contribution in [3.8, 4) is 5.75 Å². The molecule has 2 rings (SSSR count). The van der Waals surface area contributed by atoms with Crippen LogP contribution in [0.3, 0.4) is 0 Å². The second kappa shape index (κ2) is 7.02. The SMILES string of the molecule is COc1cc(CN2CCC(CCO)C2)ccc1C(N)=S. The average molecular weight is 294 g/mol. The summed E-state index contributed by atoms with van der Waals surface area (Å²) in [5.41, 5.74) is 7.66. The van der Waals surface area contributed by atoms with E-state index in [2.05, 4.69) is 11.0 Å². The van der Waals surface area contributed by atoms with Crippen LogP contribution in [0, 0.1) is 5.92 Å². The Hall–Kier alpha value is -1.17. The monoisotopic (exact) mass is 294 g/mol. The van der Waals surface area contributed by atoms with Gasteiger partial charge in [-0.15, -0.1) is 0 Å². The van der Waals surface area contributed by atoms with Gasteiger partial charge in [0.05, 0.1) is 12.7 Å². The van der Waals surface area contributed by atoms with E-state index in [0.29, 0.717) is 10.9 Å². The van der Waals surface area contributed by atoms with Crippen molar-refractivity contribution in [1.82, 2.24) is 4.90 Å². The minimum Gasteiger partial charge on any atom is -0.496 e. The maximum atomic E-state index is 8.99. The third-order valence-electron chi connectivity index (χ3n) is 3.84. The number of aliphatic hydroxyl groups excluding tert-OH is 1. The summed E-state index contributed by atoms with van der Waals surface area (Å²) in [6, 6.07) is 5.99. The molecule has 1 saturated heterocycles. The summed E-state index contributed by atoms with van der Waals surface area (Å²) in [5.74, 6) is 1.36. The van der Waals surface area contributed by atoms with Crippen molar-refractivity contribution in [2.45, 2.75) is 19.4 Å². The van der Waals surface area contributed by atoms with E-state index in [1.807, 2.05) is 12.1 Å². The van der Waals surface area contributed by atoms with Gasteiger partial charge in [0.1, 0.15) is 10.7 Å². The Kier molecular flexibility index (Phi) is 5.34. The van der Waals surface area contributed by atoms with E-state index in [9.17, 15) is 0 Å². The molecule has 1 aromatic carbocycles. The van der Waals surface area contributed by atoms with Gasteiger partial charge in [0.2, 0.25) is 0 Å². The van der Waals surface area contributed by atoms with Gasteiger partial charge in [-0.05, 0) is 43.0 Å². The van der Waals surface area contributed by atoms with Crippen LogP contribution in [-0.4, -0.2) is 41.8 Å². The Morgan fingerprint density at radius 2 is 2.35 bits per heavy atom. The first-order valence-corrected chi connectivity index (χ1v) is 7.34. The fourth-order valence-corrected chi connectivity index (χ4v) is 2.94. The third-order valence-corrected chi connectivity index (χ3v) is 4.06. The van der Waals surface area contributed by atoms with E-state index in [1.54, 1.807) is 7.11 Å². The summed E-state index contributed by atoms with van der Waals surface area (Å²) >= 11 is 5.01. The van der Waals surface area contributed by atoms with Crippen LogP contribution in [0.1, 0.15) is 24.0 Å². The van der Waals surface area contributed by atoms with E-state index in [1.165, 1.54) is 12.0 Å². The second-order valence-electron chi connectivity index (χ2n) is 5.30. The highest BCUT2D eigenvalue weighted by atomic mass is 32.1. The highest BCUT2D eigenvalue weighted by Crippen LogP contribution is 2.24. The zero-order valence-corrected chi connectivity index (χ0v) is 12.7. The molecule has 1 atom stereocenters. The van der Waals surface area contributed by atoms with Crippen molar-refractivity contribution >= 4 is 17.2 Å². The molecule has 0 radical (unpaired) electrons. The molecule has 0 aromatic heterocycles. The van der Waals surface area contributed by atoms with Gasteiger partial charge in [0, 0.05) is 19.7 Å². The molecule has 0 aliphatic carbocycles. The van der Waals surface area contributed by atoms with Crippen molar-refractivity contribution < 1.29 is 9.84 Å². The highest BCUT2D eigenvalue weighted by Gasteiger charge is 2.22. The lowest BCUT2D eigenvalue weighted by Gasteiger charge is -2.17. The quantitative estimate of drug-likeness (QED) is 0.779. The molecule has 0 bridgehead atoms. The Morgan fingerprint density at radius 3 is 3.00 bits per heavy atom. The molecule has 1 unspecified atom stereocenters. The molecule has 4 nitrogen and oxygen atoms in total. The van der Waals surface area contributed by atoms with E-state index in [-0.39, 0.29) is 6.61 Å². The fraction of sp³-hybridized carbons (Fsp3) is 0.533. The normalized spacial score (nSPS) is 19.2. The van der Waals surface area contributed by atoms with Crippen molar-refractivity contribution in [1.29, 1.82) is 0 Å².